The van der Waals surface area contributed by atoms with Crippen LogP contribution in [-0.4, -0.2) is 38.7 Å². The Kier molecular flexibility index (Phi) is 4.07. The van der Waals surface area contributed by atoms with Crippen molar-refractivity contribution in [2.45, 2.75) is 17.9 Å². The maximum absolute atomic E-state index is 13.0. The quantitative estimate of drug-likeness (QED) is 0.845. The number of aliphatic carboxylic acids is 1. The van der Waals surface area contributed by atoms with Gasteiger partial charge in [-0.05, 0) is 30.7 Å². The highest BCUT2D eigenvalue weighted by atomic mass is 32.2. The molecule has 0 saturated carbocycles. The van der Waals surface area contributed by atoms with E-state index in [0.29, 0.717) is 0 Å². The number of benzene rings is 1. The molecule has 1 aliphatic rings. The molecule has 1 fully saturated rings. The average Bonchev–Trinajstić information content (AvgIpc) is 2.75. The topological polar surface area (TPSA) is 92.7 Å². The third-order valence-corrected chi connectivity index (χ3v) is 4.78. The van der Waals surface area contributed by atoms with Gasteiger partial charge in [0.05, 0.1) is 30.1 Å². The van der Waals surface area contributed by atoms with E-state index < -0.39 is 33.8 Å². The van der Waals surface area contributed by atoms with Crippen molar-refractivity contribution in [3.8, 4) is 0 Å². The van der Waals surface area contributed by atoms with Gasteiger partial charge in [-0.2, -0.15) is 0 Å². The van der Waals surface area contributed by atoms with E-state index in [0.717, 1.165) is 18.2 Å². The van der Waals surface area contributed by atoms with Gasteiger partial charge < -0.3 is 9.84 Å². The van der Waals surface area contributed by atoms with E-state index in [1.807, 2.05) is 0 Å². The molecule has 0 bridgehead atoms. The molecule has 0 aromatic heterocycles. The van der Waals surface area contributed by atoms with E-state index in [-0.39, 0.29) is 23.7 Å². The van der Waals surface area contributed by atoms with Crippen molar-refractivity contribution in [3.63, 3.8) is 0 Å². The van der Waals surface area contributed by atoms with Crippen molar-refractivity contribution in [1.29, 1.82) is 0 Å². The number of ether oxygens (including phenoxy) is 1. The summed E-state index contributed by atoms with van der Waals surface area (Å²) < 4.78 is 44.7. The fourth-order valence-electron chi connectivity index (χ4n) is 2.09. The van der Waals surface area contributed by atoms with Crippen molar-refractivity contribution in [3.05, 3.63) is 29.6 Å². The summed E-state index contributed by atoms with van der Waals surface area (Å²) in [5.74, 6) is -2.58. The summed E-state index contributed by atoms with van der Waals surface area (Å²) in [6.45, 7) is 1.43. The second kappa shape index (κ2) is 5.47. The molecule has 2 N–H and O–H groups in total. The summed E-state index contributed by atoms with van der Waals surface area (Å²) in [4.78, 5) is 10.9. The van der Waals surface area contributed by atoms with Crippen LogP contribution in [0.5, 0.6) is 0 Å². The molecule has 0 amide bonds. The van der Waals surface area contributed by atoms with Gasteiger partial charge in [-0.25, -0.2) is 17.5 Å². The van der Waals surface area contributed by atoms with E-state index in [4.69, 9.17) is 9.84 Å². The van der Waals surface area contributed by atoms with Crippen LogP contribution in [0.3, 0.4) is 0 Å². The minimum Gasteiger partial charge on any atom is -0.481 e. The predicted octanol–water partition coefficient (Wildman–Crippen LogP) is 0.512. The standard InChI is InChI=1S/C12H14FNO5S/c1-7-4-8(13)2-3-11(7)20(17,18)14-10-6-19-5-9(10)12(15)16/h2-4,9-10,14H,5-6H2,1H3,(H,15,16). The predicted molar refractivity (Wildman–Crippen MR) is 67.2 cm³/mol. The van der Waals surface area contributed by atoms with Crippen LogP contribution >= 0.6 is 0 Å². The Hall–Kier alpha value is -1.51. The lowest BCUT2D eigenvalue weighted by Crippen LogP contribution is -2.42. The molecule has 0 aliphatic carbocycles. The minimum absolute atomic E-state index is 0.00353. The van der Waals surface area contributed by atoms with Crippen LogP contribution in [0.4, 0.5) is 4.39 Å². The van der Waals surface area contributed by atoms with Crippen LogP contribution in [-0.2, 0) is 19.6 Å². The van der Waals surface area contributed by atoms with Gasteiger partial charge in [0.15, 0.2) is 0 Å². The van der Waals surface area contributed by atoms with Crippen LogP contribution in [0.15, 0.2) is 23.1 Å². The van der Waals surface area contributed by atoms with Crippen LogP contribution in [0.2, 0.25) is 0 Å². The Morgan fingerprint density at radius 3 is 2.75 bits per heavy atom. The van der Waals surface area contributed by atoms with Gasteiger partial charge in [-0.15, -0.1) is 0 Å². The summed E-state index contributed by atoms with van der Waals surface area (Å²) >= 11 is 0. The number of carboxylic acids is 1. The van der Waals surface area contributed by atoms with Gasteiger partial charge in [0.1, 0.15) is 5.82 Å². The molecule has 1 aromatic rings. The van der Waals surface area contributed by atoms with Crippen LogP contribution < -0.4 is 4.72 Å². The van der Waals surface area contributed by atoms with E-state index >= 15 is 0 Å². The number of sulfonamides is 1. The Bertz CT molecular complexity index is 631. The maximum Gasteiger partial charge on any atom is 0.310 e. The lowest BCUT2D eigenvalue weighted by molar-refractivity contribution is -0.142. The number of carbonyl (C=O) groups is 1. The molecule has 0 radical (unpaired) electrons. The molecule has 2 atom stereocenters. The SMILES string of the molecule is Cc1cc(F)ccc1S(=O)(=O)NC1COCC1C(=O)O. The van der Waals surface area contributed by atoms with Crippen LogP contribution in [0.25, 0.3) is 0 Å². The minimum atomic E-state index is -3.92. The lowest BCUT2D eigenvalue weighted by atomic mass is 10.1. The first kappa shape index (κ1) is 14.9. The second-order valence-electron chi connectivity index (χ2n) is 4.62. The second-order valence-corrected chi connectivity index (χ2v) is 6.30. The van der Waals surface area contributed by atoms with Gasteiger partial charge >= 0.3 is 5.97 Å². The van der Waals surface area contributed by atoms with Crippen molar-refractivity contribution in [2.24, 2.45) is 5.92 Å². The Morgan fingerprint density at radius 2 is 2.15 bits per heavy atom. The average molecular weight is 303 g/mol. The molecule has 2 unspecified atom stereocenters. The highest BCUT2D eigenvalue weighted by Crippen LogP contribution is 2.20. The fourth-order valence-corrected chi connectivity index (χ4v) is 3.58. The maximum atomic E-state index is 13.0. The van der Waals surface area contributed by atoms with Crippen LogP contribution in [0, 0.1) is 18.7 Å². The molecule has 1 heterocycles. The first-order valence-corrected chi connectivity index (χ1v) is 7.38. The molecule has 2 rings (SSSR count). The monoisotopic (exact) mass is 303 g/mol. The highest BCUT2D eigenvalue weighted by Gasteiger charge is 2.37. The third-order valence-electron chi connectivity index (χ3n) is 3.13. The molecular formula is C12H14FNO5S. The molecule has 1 aromatic carbocycles. The number of hydrogen-bond acceptors (Lipinski definition) is 4. The van der Waals surface area contributed by atoms with E-state index in [1.165, 1.54) is 6.92 Å². The smallest absolute Gasteiger partial charge is 0.310 e. The molecule has 1 saturated heterocycles. The van der Waals surface area contributed by atoms with Gasteiger partial charge in [-0.3, -0.25) is 4.79 Å². The fraction of sp³-hybridized carbons (Fsp3) is 0.417. The molecule has 1 aliphatic heterocycles. The first-order valence-electron chi connectivity index (χ1n) is 5.90. The zero-order valence-corrected chi connectivity index (χ0v) is 11.5. The number of halogens is 1. The number of carboxylic acid groups (broad SMARTS) is 1. The van der Waals surface area contributed by atoms with Crippen molar-refractivity contribution in [1.82, 2.24) is 4.72 Å². The molecule has 0 spiro atoms. The summed E-state index contributed by atoms with van der Waals surface area (Å²) in [5.41, 5.74) is 0.253. The van der Waals surface area contributed by atoms with Crippen molar-refractivity contribution >= 4 is 16.0 Å². The van der Waals surface area contributed by atoms with Crippen LogP contribution in [0.1, 0.15) is 5.56 Å². The molecule has 20 heavy (non-hydrogen) atoms. The normalized spacial score (nSPS) is 22.9. The first-order chi connectivity index (χ1) is 9.31. The Labute approximate surface area is 115 Å². The molecular weight excluding hydrogens is 289 g/mol. The zero-order valence-electron chi connectivity index (χ0n) is 10.7. The largest absolute Gasteiger partial charge is 0.481 e. The van der Waals surface area contributed by atoms with E-state index in [1.54, 1.807) is 0 Å². The van der Waals surface area contributed by atoms with Gasteiger partial charge in [0, 0.05) is 0 Å². The van der Waals surface area contributed by atoms with Gasteiger partial charge in [0.25, 0.3) is 0 Å². The Balaban J connectivity index is 2.25. The van der Waals surface area contributed by atoms with Gasteiger partial charge in [0.2, 0.25) is 10.0 Å². The van der Waals surface area contributed by atoms with E-state index in [9.17, 15) is 17.6 Å². The summed E-state index contributed by atoms with van der Waals surface area (Å²) in [5, 5.41) is 8.98. The van der Waals surface area contributed by atoms with Gasteiger partial charge in [-0.1, -0.05) is 0 Å². The molecule has 8 heteroatoms. The van der Waals surface area contributed by atoms with E-state index in [2.05, 4.69) is 4.72 Å². The Morgan fingerprint density at radius 1 is 1.45 bits per heavy atom. The van der Waals surface area contributed by atoms with Crippen molar-refractivity contribution < 1.29 is 27.4 Å². The summed E-state index contributed by atoms with van der Waals surface area (Å²) in [6, 6.07) is 2.47. The number of aryl methyl sites for hydroxylation is 1. The number of nitrogens with one attached hydrogen (secondary N) is 1. The summed E-state index contributed by atoms with van der Waals surface area (Å²) in [6.07, 6.45) is 0. The number of rotatable bonds is 4. The molecule has 110 valence electrons. The number of hydrogen-bond donors (Lipinski definition) is 2. The third kappa shape index (κ3) is 2.97. The van der Waals surface area contributed by atoms with Crippen molar-refractivity contribution in [2.75, 3.05) is 13.2 Å². The zero-order chi connectivity index (χ0) is 14.9. The highest BCUT2D eigenvalue weighted by molar-refractivity contribution is 7.89. The lowest BCUT2D eigenvalue weighted by Gasteiger charge is -2.16. The summed E-state index contributed by atoms with van der Waals surface area (Å²) in [7, 11) is -3.92. The molecule has 6 nitrogen and oxygen atoms in total.